The molecule has 0 radical (unpaired) electrons. The Labute approximate surface area is 201 Å². The van der Waals surface area contributed by atoms with E-state index in [1.165, 1.54) is 18.2 Å². The first-order valence-corrected chi connectivity index (χ1v) is 9.06. The van der Waals surface area contributed by atoms with E-state index in [1.807, 2.05) is 0 Å². The molecular weight excluding hydrogens is 510 g/mol. The number of nitrogens with one attached hydrogen (secondary N) is 1. The van der Waals surface area contributed by atoms with Crippen LogP contribution >= 0.6 is 0 Å². The zero-order chi connectivity index (χ0) is 19.8. The Morgan fingerprint density at radius 1 is 1.14 bits per heavy atom. The van der Waals surface area contributed by atoms with Gasteiger partial charge < -0.3 is 14.5 Å². The van der Waals surface area contributed by atoms with Crippen LogP contribution < -0.4 is 10.5 Å². The van der Waals surface area contributed by atoms with Gasteiger partial charge in [0.05, 0.1) is 16.6 Å². The molecule has 3 rings (SSSR count). The number of Topliss-reactive ketones (excluding diaryl/α,β-unsaturated/α-hetero) is 1. The second-order valence-electron chi connectivity index (χ2n) is 5.79. The molecule has 0 bridgehead atoms. The molecule has 0 fully saturated rings. The van der Waals surface area contributed by atoms with E-state index in [9.17, 15) is 27.7 Å². The maximum absolute atomic E-state index is 12.4. The van der Waals surface area contributed by atoms with E-state index in [0.717, 1.165) is 0 Å². The topological polar surface area (TPSA) is 139 Å². The van der Waals surface area contributed by atoms with E-state index in [2.05, 4.69) is 10.5 Å². The number of carbonyl (C=O) groups excluding carboxylic acids is 2. The molecule has 2 aromatic rings. The van der Waals surface area contributed by atoms with Gasteiger partial charge in [0.1, 0.15) is 15.8 Å². The zero-order valence-corrected chi connectivity index (χ0v) is 19.9. The van der Waals surface area contributed by atoms with E-state index in [4.69, 9.17) is 0 Å². The second kappa shape index (κ2) is 8.74. The van der Waals surface area contributed by atoms with Crippen LogP contribution in [0.5, 0.6) is 0 Å². The second-order valence-corrected chi connectivity index (χ2v) is 7.14. The molecule has 0 spiro atoms. The molecule has 10 heteroatoms. The SMILES string of the molecule is Cc1ccc(N/N=C2\C(=O)C(C(=O)[O-])=Cc3ccccc32)c(S(=O)(=O)[O-])c1.[Ba+2]. The first-order valence-electron chi connectivity index (χ1n) is 7.66. The Kier molecular flexibility index (Phi) is 7.04. The molecule has 1 aliphatic carbocycles. The Balaban J connectivity index is 0.00000280. The summed E-state index contributed by atoms with van der Waals surface area (Å²) in [4.78, 5) is 23.1. The average Bonchev–Trinajstić information content (AvgIpc) is 2.60. The number of carbonyl (C=O) groups is 2. The van der Waals surface area contributed by atoms with Gasteiger partial charge in [-0.3, -0.25) is 10.2 Å². The Morgan fingerprint density at radius 3 is 2.46 bits per heavy atom. The molecule has 0 unspecified atom stereocenters. The summed E-state index contributed by atoms with van der Waals surface area (Å²) in [6.07, 6.45) is 1.19. The fourth-order valence-corrected chi connectivity index (χ4v) is 3.33. The van der Waals surface area contributed by atoms with Crippen LogP contribution in [0.3, 0.4) is 0 Å². The Bertz CT molecular complexity index is 1140. The molecule has 138 valence electrons. The maximum atomic E-state index is 12.4. The number of ketones is 1. The molecule has 1 N–H and O–H groups in total. The third kappa shape index (κ3) is 4.63. The Morgan fingerprint density at radius 2 is 1.82 bits per heavy atom. The molecule has 0 saturated heterocycles. The average molecular weight is 522 g/mol. The minimum Gasteiger partial charge on any atom is -0.744 e. The first-order chi connectivity index (χ1) is 12.7. The van der Waals surface area contributed by atoms with Crippen molar-refractivity contribution < 1.29 is 27.7 Å². The molecule has 1 aliphatic rings. The summed E-state index contributed by atoms with van der Waals surface area (Å²) in [6, 6.07) is 10.5. The Hall–Kier alpha value is -1.73. The van der Waals surface area contributed by atoms with Crippen LogP contribution in [-0.4, -0.2) is 79.3 Å². The summed E-state index contributed by atoms with van der Waals surface area (Å²) in [5, 5.41) is 15.1. The predicted molar refractivity (Wildman–Crippen MR) is 99.5 cm³/mol. The van der Waals surface area contributed by atoms with Crippen LogP contribution in [-0.2, 0) is 19.7 Å². The van der Waals surface area contributed by atoms with Gasteiger partial charge in [-0.05, 0) is 36.3 Å². The van der Waals surface area contributed by atoms with Crippen LogP contribution in [0.4, 0.5) is 5.69 Å². The number of benzene rings is 2. The minimum atomic E-state index is -4.79. The van der Waals surface area contributed by atoms with E-state index in [1.54, 1.807) is 37.3 Å². The van der Waals surface area contributed by atoms with Crippen molar-refractivity contribution in [3.8, 4) is 0 Å². The van der Waals surface area contributed by atoms with Crippen molar-refractivity contribution in [2.75, 3.05) is 5.43 Å². The standard InChI is InChI=1S/C18H14N2O6S.Ba/c1-10-6-7-14(15(8-10)27(24,25)26)19-20-16-12-5-3-2-4-11(12)9-13(17(16)21)18(22)23;/h2-9,19H,1H3,(H,22,23)(H,24,25,26);/q;+2/p-2/b20-16-;. The summed E-state index contributed by atoms with van der Waals surface area (Å²) < 4.78 is 34.4. The van der Waals surface area contributed by atoms with Gasteiger partial charge in [0.25, 0.3) is 0 Å². The number of fused-ring (bicyclic) bond motifs is 1. The smallest absolute Gasteiger partial charge is 0.744 e. The molecule has 0 aliphatic heterocycles. The molecule has 0 heterocycles. The fourth-order valence-electron chi connectivity index (χ4n) is 2.62. The quantitative estimate of drug-likeness (QED) is 0.260. The van der Waals surface area contributed by atoms with E-state index >= 15 is 0 Å². The third-order valence-electron chi connectivity index (χ3n) is 3.89. The number of nitrogens with zero attached hydrogens (tertiary/aromatic N) is 1. The van der Waals surface area contributed by atoms with Gasteiger partial charge in [-0.25, -0.2) is 8.42 Å². The number of carboxylic acids is 1. The van der Waals surface area contributed by atoms with Gasteiger partial charge in [-0.15, -0.1) is 0 Å². The zero-order valence-electron chi connectivity index (χ0n) is 14.6. The predicted octanol–water partition coefficient (Wildman–Crippen LogP) is 0.0505. The van der Waals surface area contributed by atoms with E-state index < -0.39 is 32.3 Å². The summed E-state index contributed by atoms with van der Waals surface area (Å²) in [5.74, 6) is -2.54. The van der Waals surface area contributed by atoms with E-state index in [0.29, 0.717) is 16.7 Å². The van der Waals surface area contributed by atoms with Gasteiger partial charge in [0, 0.05) is 11.1 Å². The maximum Gasteiger partial charge on any atom is 2.00 e. The molecule has 2 aromatic carbocycles. The first kappa shape index (κ1) is 22.6. The van der Waals surface area contributed by atoms with Crippen LogP contribution in [0.2, 0.25) is 0 Å². The molecule has 0 aromatic heterocycles. The van der Waals surface area contributed by atoms with Crippen molar-refractivity contribution in [2.24, 2.45) is 5.10 Å². The van der Waals surface area contributed by atoms with Crippen LogP contribution in [0.15, 0.2) is 58.0 Å². The van der Waals surface area contributed by atoms with Crippen molar-refractivity contribution in [2.45, 2.75) is 11.8 Å². The van der Waals surface area contributed by atoms with Crippen molar-refractivity contribution in [1.29, 1.82) is 0 Å². The summed E-state index contributed by atoms with van der Waals surface area (Å²) in [7, 11) is -4.79. The minimum absolute atomic E-state index is 0. The summed E-state index contributed by atoms with van der Waals surface area (Å²) in [5.41, 5.74) is 2.81. The fraction of sp³-hybridized carbons (Fsp3) is 0.0556. The number of hydrogen-bond donors (Lipinski definition) is 1. The van der Waals surface area contributed by atoms with Gasteiger partial charge in [-0.1, -0.05) is 30.3 Å². The van der Waals surface area contributed by atoms with Crippen molar-refractivity contribution in [3.63, 3.8) is 0 Å². The third-order valence-corrected chi connectivity index (χ3v) is 4.77. The van der Waals surface area contributed by atoms with Crippen LogP contribution in [0.25, 0.3) is 6.08 Å². The normalized spacial score (nSPS) is 14.7. The van der Waals surface area contributed by atoms with Crippen molar-refractivity contribution in [3.05, 3.63) is 64.7 Å². The number of anilines is 1. The number of carboxylic acid groups (broad SMARTS) is 1. The van der Waals surface area contributed by atoms with Crippen molar-refractivity contribution >= 4 is 88.2 Å². The summed E-state index contributed by atoms with van der Waals surface area (Å²) in [6.45, 7) is 1.61. The molecule has 0 atom stereocenters. The molecule has 8 nitrogen and oxygen atoms in total. The molecular formula is C18H12BaN2O6S. The van der Waals surface area contributed by atoms with Gasteiger partial charge in [0.15, 0.2) is 0 Å². The number of hydrazone groups is 1. The number of aryl methyl sites for hydroxylation is 1. The van der Waals surface area contributed by atoms with Gasteiger partial charge in [0.2, 0.25) is 5.78 Å². The number of rotatable bonds is 4. The molecule has 0 saturated carbocycles. The number of aliphatic carboxylic acids is 1. The van der Waals surface area contributed by atoms with Gasteiger partial charge in [-0.2, -0.15) is 5.10 Å². The largest absolute Gasteiger partial charge is 2.00 e. The van der Waals surface area contributed by atoms with Crippen LogP contribution in [0.1, 0.15) is 16.7 Å². The monoisotopic (exact) mass is 522 g/mol. The van der Waals surface area contributed by atoms with E-state index in [-0.39, 0.29) is 60.3 Å². The number of hydrogen-bond acceptors (Lipinski definition) is 8. The van der Waals surface area contributed by atoms with Crippen LogP contribution in [0, 0.1) is 6.92 Å². The van der Waals surface area contributed by atoms with Gasteiger partial charge >= 0.3 is 48.9 Å². The summed E-state index contributed by atoms with van der Waals surface area (Å²) >= 11 is 0. The molecule has 0 amide bonds. The van der Waals surface area contributed by atoms with Crippen molar-refractivity contribution in [1.82, 2.24) is 0 Å². The molecule has 28 heavy (non-hydrogen) atoms.